The van der Waals surface area contributed by atoms with Crippen LogP contribution in [0.25, 0.3) is 10.9 Å². The number of benzene rings is 1. The molecule has 3 aromatic rings. The third-order valence-corrected chi connectivity index (χ3v) is 3.45. The zero-order chi connectivity index (χ0) is 15.0. The average molecular weight is 283 g/mol. The number of H-pyrrole nitrogens is 1. The summed E-state index contributed by atoms with van der Waals surface area (Å²) >= 11 is 0. The van der Waals surface area contributed by atoms with Gasteiger partial charge in [0.1, 0.15) is 0 Å². The van der Waals surface area contributed by atoms with E-state index >= 15 is 0 Å². The molecule has 0 atom stereocenters. The Balaban J connectivity index is 1.87. The lowest BCUT2D eigenvalue weighted by Crippen LogP contribution is -2.26. The monoisotopic (exact) mass is 283 g/mol. The number of aryl methyl sites for hydroxylation is 2. The molecule has 0 unspecified atom stereocenters. The first-order chi connectivity index (χ1) is 10.0. The van der Waals surface area contributed by atoms with Crippen molar-refractivity contribution in [2.24, 2.45) is 7.05 Å². The number of aromatic nitrogens is 4. The van der Waals surface area contributed by atoms with Crippen LogP contribution in [0.5, 0.6) is 0 Å². The van der Waals surface area contributed by atoms with Gasteiger partial charge in [0, 0.05) is 37.8 Å². The molecule has 1 N–H and O–H groups in total. The number of hydrogen-bond donors (Lipinski definition) is 1. The molecule has 0 fully saturated rings. The summed E-state index contributed by atoms with van der Waals surface area (Å²) in [5, 5.41) is 12.0. The van der Waals surface area contributed by atoms with Crippen LogP contribution in [0.15, 0.2) is 30.6 Å². The molecule has 0 radical (unpaired) electrons. The van der Waals surface area contributed by atoms with Gasteiger partial charge in [-0.3, -0.25) is 14.6 Å². The molecular weight excluding hydrogens is 266 g/mol. The maximum Gasteiger partial charge on any atom is 0.275 e. The second-order valence-corrected chi connectivity index (χ2v) is 5.30. The predicted molar refractivity (Wildman–Crippen MR) is 79.8 cm³/mol. The van der Waals surface area contributed by atoms with Crippen molar-refractivity contribution in [1.29, 1.82) is 0 Å². The summed E-state index contributed by atoms with van der Waals surface area (Å²) in [5.41, 5.74) is 3.43. The normalized spacial score (nSPS) is 11.0. The van der Waals surface area contributed by atoms with Gasteiger partial charge in [0.05, 0.1) is 11.7 Å². The highest BCUT2D eigenvalue weighted by Crippen LogP contribution is 2.19. The molecule has 1 amide bonds. The zero-order valence-corrected chi connectivity index (χ0v) is 12.3. The number of fused-ring (bicyclic) bond motifs is 1. The van der Waals surface area contributed by atoms with Gasteiger partial charge in [-0.2, -0.15) is 10.2 Å². The minimum atomic E-state index is -0.101. The lowest BCUT2D eigenvalue weighted by atomic mass is 10.1. The van der Waals surface area contributed by atoms with Crippen molar-refractivity contribution in [3.05, 3.63) is 47.4 Å². The van der Waals surface area contributed by atoms with Crippen molar-refractivity contribution >= 4 is 16.8 Å². The third-order valence-electron chi connectivity index (χ3n) is 3.45. The fourth-order valence-corrected chi connectivity index (χ4v) is 2.37. The third kappa shape index (κ3) is 2.52. The van der Waals surface area contributed by atoms with E-state index in [1.165, 1.54) is 0 Å². The number of carbonyl (C=O) groups is 1. The van der Waals surface area contributed by atoms with E-state index in [9.17, 15) is 4.79 Å². The van der Waals surface area contributed by atoms with E-state index in [-0.39, 0.29) is 5.91 Å². The predicted octanol–water partition coefficient (Wildman–Crippen LogP) is 1.88. The Hall–Kier alpha value is -2.63. The molecular formula is C15H17N5O. The number of carbonyl (C=O) groups excluding carboxylic acids is 1. The van der Waals surface area contributed by atoms with Gasteiger partial charge in [0.2, 0.25) is 0 Å². The number of hydrogen-bond acceptors (Lipinski definition) is 3. The maximum absolute atomic E-state index is 12.6. The minimum absolute atomic E-state index is 0.101. The topological polar surface area (TPSA) is 66.8 Å². The van der Waals surface area contributed by atoms with Gasteiger partial charge in [0.25, 0.3) is 5.91 Å². The van der Waals surface area contributed by atoms with Crippen LogP contribution in [0.4, 0.5) is 0 Å². The van der Waals surface area contributed by atoms with Crippen LogP contribution in [0.1, 0.15) is 21.6 Å². The van der Waals surface area contributed by atoms with Crippen LogP contribution in [0.3, 0.4) is 0 Å². The lowest BCUT2D eigenvalue weighted by Gasteiger charge is -2.14. The average Bonchev–Trinajstić information content (AvgIpc) is 3.04. The lowest BCUT2D eigenvalue weighted by molar-refractivity contribution is 0.0781. The van der Waals surface area contributed by atoms with Gasteiger partial charge in [-0.1, -0.05) is 11.6 Å². The van der Waals surface area contributed by atoms with Gasteiger partial charge >= 0.3 is 0 Å². The Labute approximate surface area is 122 Å². The molecule has 108 valence electrons. The zero-order valence-electron chi connectivity index (χ0n) is 12.3. The Kier molecular flexibility index (Phi) is 3.21. The summed E-state index contributed by atoms with van der Waals surface area (Å²) < 4.78 is 1.72. The molecule has 21 heavy (non-hydrogen) atoms. The molecule has 6 heteroatoms. The summed E-state index contributed by atoms with van der Waals surface area (Å²) in [5.74, 6) is -0.101. The Morgan fingerprint density at radius 3 is 2.95 bits per heavy atom. The molecule has 0 aliphatic carbocycles. The van der Waals surface area contributed by atoms with Gasteiger partial charge in [-0.05, 0) is 19.1 Å². The molecule has 1 aromatic carbocycles. The number of rotatable bonds is 3. The van der Waals surface area contributed by atoms with E-state index in [0.717, 1.165) is 22.0 Å². The van der Waals surface area contributed by atoms with E-state index < -0.39 is 0 Å². The minimum Gasteiger partial charge on any atom is -0.336 e. The summed E-state index contributed by atoms with van der Waals surface area (Å²) in [4.78, 5) is 14.2. The number of aromatic amines is 1. The first kappa shape index (κ1) is 13.4. The van der Waals surface area contributed by atoms with Crippen LogP contribution >= 0.6 is 0 Å². The fourth-order valence-electron chi connectivity index (χ4n) is 2.37. The van der Waals surface area contributed by atoms with Crippen LogP contribution in [-0.2, 0) is 13.6 Å². The highest BCUT2D eigenvalue weighted by Gasteiger charge is 2.18. The van der Waals surface area contributed by atoms with Gasteiger partial charge in [0.15, 0.2) is 5.69 Å². The summed E-state index contributed by atoms with van der Waals surface area (Å²) in [6.45, 7) is 2.51. The van der Waals surface area contributed by atoms with Crippen molar-refractivity contribution in [1.82, 2.24) is 24.9 Å². The molecule has 0 bridgehead atoms. The maximum atomic E-state index is 12.6. The quantitative estimate of drug-likeness (QED) is 0.798. The molecule has 2 aromatic heterocycles. The largest absolute Gasteiger partial charge is 0.336 e. The SMILES string of the molecule is Cc1ccc2[nH]nc(C(=O)N(C)Cc3cnn(C)c3)c2c1. The molecule has 0 aliphatic rings. The summed E-state index contributed by atoms with van der Waals surface area (Å²) in [6.07, 6.45) is 3.66. The van der Waals surface area contributed by atoms with E-state index in [1.54, 1.807) is 22.8 Å². The van der Waals surface area contributed by atoms with E-state index in [1.807, 2.05) is 38.4 Å². The number of nitrogens with zero attached hydrogens (tertiary/aromatic N) is 4. The van der Waals surface area contributed by atoms with Crippen LogP contribution < -0.4 is 0 Å². The van der Waals surface area contributed by atoms with E-state index in [2.05, 4.69) is 15.3 Å². The van der Waals surface area contributed by atoms with E-state index in [0.29, 0.717) is 12.2 Å². The highest BCUT2D eigenvalue weighted by atomic mass is 16.2. The summed E-state index contributed by atoms with van der Waals surface area (Å²) in [7, 11) is 3.63. The van der Waals surface area contributed by atoms with Crippen LogP contribution in [0.2, 0.25) is 0 Å². The first-order valence-electron chi connectivity index (χ1n) is 6.72. The van der Waals surface area contributed by atoms with Crippen molar-refractivity contribution < 1.29 is 4.79 Å². The summed E-state index contributed by atoms with van der Waals surface area (Å²) in [6, 6.07) is 5.91. The molecule has 3 rings (SSSR count). The number of amides is 1. The Morgan fingerprint density at radius 2 is 2.24 bits per heavy atom. The Bertz CT molecular complexity index is 801. The highest BCUT2D eigenvalue weighted by molar-refractivity contribution is 6.04. The smallest absolute Gasteiger partial charge is 0.275 e. The van der Waals surface area contributed by atoms with Crippen molar-refractivity contribution in [3.63, 3.8) is 0 Å². The fraction of sp³-hybridized carbons (Fsp3) is 0.267. The second-order valence-electron chi connectivity index (χ2n) is 5.30. The van der Waals surface area contributed by atoms with Gasteiger partial charge < -0.3 is 4.90 Å². The molecule has 0 saturated heterocycles. The van der Waals surface area contributed by atoms with E-state index in [4.69, 9.17) is 0 Å². The van der Waals surface area contributed by atoms with Crippen LogP contribution in [-0.4, -0.2) is 37.8 Å². The van der Waals surface area contributed by atoms with Crippen molar-refractivity contribution in [3.8, 4) is 0 Å². The molecule has 0 spiro atoms. The van der Waals surface area contributed by atoms with Crippen LogP contribution in [0, 0.1) is 6.92 Å². The second kappa shape index (κ2) is 5.05. The molecule has 6 nitrogen and oxygen atoms in total. The van der Waals surface area contributed by atoms with Crippen molar-refractivity contribution in [2.45, 2.75) is 13.5 Å². The molecule has 0 saturated carbocycles. The van der Waals surface area contributed by atoms with Gasteiger partial charge in [-0.15, -0.1) is 0 Å². The molecule has 0 aliphatic heterocycles. The number of nitrogens with one attached hydrogen (secondary N) is 1. The standard InChI is InChI=1S/C15H17N5O/c1-10-4-5-13-12(6-10)14(18-17-13)15(21)19(2)8-11-7-16-20(3)9-11/h4-7,9H,8H2,1-3H3,(H,17,18). The first-order valence-corrected chi connectivity index (χ1v) is 6.72. The molecule has 2 heterocycles. The van der Waals surface area contributed by atoms with Gasteiger partial charge in [-0.25, -0.2) is 0 Å². The van der Waals surface area contributed by atoms with Crippen molar-refractivity contribution in [2.75, 3.05) is 7.05 Å². The Morgan fingerprint density at radius 1 is 1.43 bits per heavy atom.